The Morgan fingerprint density at radius 1 is 1.12 bits per heavy atom. The first kappa shape index (κ1) is 18.0. The smallest absolute Gasteiger partial charge is 0.418 e. The Balaban J connectivity index is 2.24. The van der Waals surface area contributed by atoms with Crippen molar-refractivity contribution >= 4 is 23.1 Å². The molecule has 0 aromatic heterocycles. The maximum Gasteiger partial charge on any atom is 0.418 e. The minimum absolute atomic E-state index is 0.0568. The number of carbonyl (C=O) groups is 1. The lowest BCUT2D eigenvalue weighted by molar-refractivity contribution is -0.384. The quantitative estimate of drug-likeness (QED) is 0.633. The van der Waals surface area contributed by atoms with Crippen LogP contribution in [0.25, 0.3) is 0 Å². The average Bonchev–Trinajstić information content (AvgIpc) is 2.54. The number of nitrogens with one attached hydrogen (secondary N) is 2. The number of nitro groups is 1. The number of alkyl halides is 3. The predicted octanol–water partition coefficient (Wildman–Crippen LogP) is 4.27. The number of non-ortho nitro benzene ring substituents is 1. The van der Waals surface area contributed by atoms with E-state index in [0.717, 1.165) is 18.2 Å². The summed E-state index contributed by atoms with van der Waals surface area (Å²) in [6.07, 6.45) is -4.65. The first-order chi connectivity index (χ1) is 11.7. The van der Waals surface area contributed by atoms with Crippen molar-refractivity contribution in [2.45, 2.75) is 6.18 Å². The molecule has 0 atom stereocenters. The number of nitro benzene ring substituents is 1. The Labute approximate surface area is 139 Å². The summed E-state index contributed by atoms with van der Waals surface area (Å²) in [5.74, 6) is 0.116. The third kappa shape index (κ3) is 4.37. The number of benzene rings is 2. The van der Waals surface area contributed by atoms with Crippen LogP contribution < -0.4 is 15.4 Å². The van der Waals surface area contributed by atoms with Gasteiger partial charge in [-0.05, 0) is 18.2 Å². The molecule has 0 heterocycles. The molecule has 2 rings (SSSR count). The topological polar surface area (TPSA) is 93.5 Å². The highest BCUT2D eigenvalue weighted by Gasteiger charge is 2.33. The first-order valence-corrected chi connectivity index (χ1v) is 6.79. The molecule has 0 saturated heterocycles. The molecule has 10 heteroatoms. The molecule has 0 unspecified atom stereocenters. The second-order valence-corrected chi connectivity index (χ2v) is 4.76. The van der Waals surface area contributed by atoms with Crippen molar-refractivity contribution in [3.8, 4) is 5.75 Å². The number of anilines is 2. The van der Waals surface area contributed by atoms with Gasteiger partial charge in [0.1, 0.15) is 5.75 Å². The molecule has 2 amide bonds. The molecular formula is C15H12F3N3O4. The van der Waals surface area contributed by atoms with Gasteiger partial charge in [-0.25, -0.2) is 4.79 Å². The van der Waals surface area contributed by atoms with Crippen molar-refractivity contribution in [2.75, 3.05) is 17.7 Å². The molecule has 0 radical (unpaired) electrons. The number of hydrogen-bond acceptors (Lipinski definition) is 4. The summed E-state index contributed by atoms with van der Waals surface area (Å²) >= 11 is 0. The zero-order valence-electron chi connectivity index (χ0n) is 12.8. The van der Waals surface area contributed by atoms with Crippen molar-refractivity contribution in [1.82, 2.24) is 0 Å². The van der Waals surface area contributed by atoms with E-state index in [2.05, 4.69) is 10.6 Å². The Bertz CT molecular complexity index is 809. The lowest BCUT2D eigenvalue weighted by Crippen LogP contribution is -2.22. The van der Waals surface area contributed by atoms with Crippen LogP contribution in [-0.2, 0) is 6.18 Å². The van der Waals surface area contributed by atoms with Gasteiger partial charge in [-0.1, -0.05) is 12.1 Å². The fourth-order valence-electron chi connectivity index (χ4n) is 2.02. The normalized spacial score (nSPS) is 10.9. The second kappa shape index (κ2) is 7.07. The van der Waals surface area contributed by atoms with Crippen LogP contribution >= 0.6 is 0 Å². The number of para-hydroxylation sites is 1. The summed E-state index contributed by atoms with van der Waals surface area (Å²) in [6, 6.07) is 6.90. The van der Waals surface area contributed by atoms with Crippen LogP contribution in [0.1, 0.15) is 5.56 Å². The summed E-state index contributed by atoms with van der Waals surface area (Å²) < 4.78 is 43.7. The van der Waals surface area contributed by atoms with Crippen LogP contribution in [0, 0.1) is 10.1 Å². The van der Waals surface area contributed by atoms with E-state index in [4.69, 9.17) is 4.74 Å². The highest BCUT2D eigenvalue weighted by atomic mass is 19.4. The molecule has 2 N–H and O–H groups in total. The van der Waals surface area contributed by atoms with Crippen LogP contribution in [0.5, 0.6) is 5.75 Å². The number of carbonyl (C=O) groups excluding carboxylic acids is 1. The van der Waals surface area contributed by atoms with E-state index in [1.807, 2.05) is 0 Å². The lowest BCUT2D eigenvalue weighted by atomic mass is 10.1. The molecule has 2 aromatic carbocycles. The number of hydrogen-bond donors (Lipinski definition) is 2. The maximum absolute atomic E-state index is 12.9. The van der Waals surface area contributed by atoms with Gasteiger partial charge in [0.25, 0.3) is 5.69 Å². The maximum atomic E-state index is 12.9. The van der Waals surface area contributed by atoms with E-state index in [9.17, 15) is 28.1 Å². The van der Waals surface area contributed by atoms with Gasteiger partial charge < -0.3 is 15.4 Å². The zero-order valence-corrected chi connectivity index (χ0v) is 12.8. The number of ether oxygens (including phenoxy) is 1. The molecule has 2 aromatic rings. The number of urea groups is 1. The minimum atomic E-state index is -4.65. The molecule has 25 heavy (non-hydrogen) atoms. The molecule has 0 aliphatic rings. The third-order valence-corrected chi connectivity index (χ3v) is 3.12. The van der Waals surface area contributed by atoms with Gasteiger partial charge in [0.2, 0.25) is 0 Å². The van der Waals surface area contributed by atoms with E-state index in [1.165, 1.54) is 31.4 Å². The van der Waals surface area contributed by atoms with E-state index in [0.29, 0.717) is 0 Å². The summed E-state index contributed by atoms with van der Waals surface area (Å²) in [4.78, 5) is 22.1. The van der Waals surface area contributed by atoms with Gasteiger partial charge in [-0.2, -0.15) is 13.2 Å². The summed E-state index contributed by atoms with van der Waals surface area (Å²) in [6.45, 7) is 0. The van der Waals surface area contributed by atoms with Crippen molar-refractivity contribution in [3.63, 3.8) is 0 Å². The molecule has 0 spiro atoms. The van der Waals surface area contributed by atoms with Crippen molar-refractivity contribution in [1.29, 1.82) is 0 Å². The summed E-state index contributed by atoms with van der Waals surface area (Å²) in [5.41, 5.74) is -1.83. The van der Waals surface area contributed by atoms with Gasteiger partial charge in [0.05, 0.1) is 29.0 Å². The molecule has 0 fully saturated rings. The fraction of sp³-hybridized carbons (Fsp3) is 0.133. The molecule has 0 aliphatic carbocycles. The van der Waals surface area contributed by atoms with Crippen LogP contribution in [-0.4, -0.2) is 18.1 Å². The van der Waals surface area contributed by atoms with Crippen molar-refractivity contribution < 1.29 is 27.6 Å². The first-order valence-electron chi connectivity index (χ1n) is 6.79. The van der Waals surface area contributed by atoms with Crippen LogP contribution in [0.15, 0.2) is 42.5 Å². The highest BCUT2D eigenvalue weighted by molar-refractivity contribution is 6.01. The van der Waals surface area contributed by atoms with Crippen molar-refractivity contribution in [2.24, 2.45) is 0 Å². The van der Waals surface area contributed by atoms with Gasteiger partial charge >= 0.3 is 12.2 Å². The van der Waals surface area contributed by atoms with Gasteiger partial charge in [0, 0.05) is 12.1 Å². The van der Waals surface area contributed by atoms with Crippen molar-refractivity contribution in [3.05, 3.63) is 58.1 Å². The Morgan fingerprint density at radius 2 is 1.76 bits per heavy atom. The number of nitrogens with zero attached hydrogens (tertiary/aromatic N) is 1. The Morgan fingerprint density at radius 3 is 2.36 bits per heavy atom. The lowest BCUT2D eigenvalue weighted by Gasteiger charge is -2.15. The van der Waals surface area contributed by atoms with Gasteiger partial charge in [0.15, 0.2) is 0 Å². The van der Waals surface area contributed by atoms with Crippen LogP contribution in [0.2, 0.25) is 0 Å². The SMILES string of the molecule is COc1ccc([N+](=O)[O-])cc1NC(=O)Nc1ccccc1C(F)(F)F. The van der Waals surface area contributed by atoms with E-state index in [1.54, 1.807) is 0 Å². The third-order valence-electron chi connectivity index (χ3n) is 3.12. The molecular weight excluding hydrogens is 343 g/mol. The number of methoxy groups -OCH3 is 1. The monoisotopic (exact) mass is 355 g/mol. The Kier molecular flexibility index (Phi) is 5.11. The van der Waals surface area contributed by atoms with Crippen LogP contribution in [0.3, 0.4) is 0 Å². The number of amides is 2. The standard InChI is InChI=1S/C15H12F3N3O4/c1-25-13-7-6-9(21(23)24)8-12(13)20-14(22)19-11-5-3-2-4-10(11)15(16,17)18/h2-8H,1H3,(H2,19,20,22). The molecule has 0 saturated carbocycles. The highest BCUT2D eigenvalue weighted by Crippen LogP contribution is 2.35. The van der Waals surface area contributed by atoms with Gasteiger partial charge in [-0.3, -0.25) is 10.1 Å². The van der Waals surface area contributed by atoms with Gasteiger partial charge in [-0.15, -0.1) is 0 Å². The largest absolute Gasteiger partial charge is 0.495 e. The number of halogens is 3. The van der Waals surface area contributed by atoms with Crippen LogP contribution in [0.4, 0.5) is 35.0 Å². The second-order valence-electron chi connectivity index (χ2n) is 4.76. The fourth-order valence-corrected chi connectivity index (χ4v) is 2.02. The predicted molar refractivity (Wildman–Crippen MR) is 83.7 cm³/mol. The summed E-state index contributed by atoms with van der Waals surface area (Å²) in [5, 5.41) is 15.1. The van der Waals surface area contributed by atoms with E-state index < -0.39 is 28.4 Å². The Hall–Kier alpha value is -3.30. The minimum Gasteiger partial charge on any atom is -0.495 e. The summed E-state index contributed by atoms with van der Waals surface area (Å²) in [7, 11) is 1.28. The molecule has 132 valence electrons. The molecule has 0 bridgehead atoms. The molecule has 0 aliphatic heterocycles. The van der Waals surface area contributed by atoms with E-state index in [-0.39, 0.29) is 17.1 Å². The van der Waals surface area contributed by atoms with E-state index >= 15 is 0 Å². The zero-order chi connectivity index (χ0) is 18.6. The average molecular weight is 355 g/mol. The number of rotatable bonds is 4. The molecule has 7 nitrogen and oxygen atoms in total.